The second kappa shape index (κ2) is 16.4. The Morgan fingerprint density at radius 1 is 0.955 bits per heavy atom. The average molecular weight is 305 g/mol. The van der Waals surface area contributed by atoms with Crippen LogP contribution in [0.1, 0.15) is 27.2 Å². The summed E-state index contributed by atoms with van der Waals surface area (Å²) < 4.78 is 0. The van der Waals surface area contributed by atoms with Crippen LogP contribution in [0.25, 0.3) is 0 Å². The highest BCUT2D eigenvalue weighted by molar-refractivity contribution is 5.62. The van der Waals surface area contributed by atoms with Gasteiger partial charge in [0.05, 0.1) is 4.92 Å². The number of non-ortho nitro benzene ring substituents is 1. The summed E-state index contributed by atoms with van der Waals surface area (Å²) in [5.74, 6) is -0.833. The maximum Gasteiger partial charge on any atom is 0.300 e. The molecule has 2 aromatic carbocycles. The highest BCUT2D eigenvalue weighted by atomic mass is 16.6. The van der Waals surface area contributed by atoms with Gasteiger partial charge >= 0.3 is 0 Å². The summed E-state index contributed by atoms with van der Waals surface area (Å²) >= 11 is 0. The first-order valence-electron chi connectivity index (χ1n) is 6.84. The highest BCUT2D eigenvalue weighted by Crippen LogP contribution is 2.06. The van der Waals surface area contributed by atoms with E-state index in [1.807, 2.05) is 36.4 Å². The molecule has 0 saturated heterocycles. The van der Waals surface area contributed by atoms with E-state index in [0.717, 1.165) is 6.92 Å². The number of carboxylic acid groups (broad SMARTS) is 1. The predicted octanol–water partition coefficient (Wildman–Crippen LogP) is 4.79. The molecule has 0 unspecified atom stereocenters. The molecule has 0 aromatic heterocycles. The lowest BCUT2D eigenvalue weighted by molar-refractivity contribution is -0.384. The van der Waals surface area contributed by atoms with E-state index in [9.17, 15) is 10.1 Å². The van der Waals surface area contributed by atoms with Gasteiger partial charge in [-0.1, -0.05) is 74.9 Å². The minimum Gasteiger partial charge on any atom is -0.481 e. The van der Waals surface area contributed by atoms with Crippen molar-refractivity contribution in [1.82, 2.24) is 0 Å². The number of nitrogens with zero attached hydrogens (tertiary/aromatic N) is 1. The smallest absolute Gasteiger partial charge is 0.300 e. The molecule has 0 aliphatic carbocycles. The third-order valence-corrected chi connectivity index (χ3v) is 1.63. The van der Waals surface area contributed by atoms with Crippen molar-refractivity contribution >= 4 is 11.7 Å². The summed E-state index contributed by atoms with van der Waals surface area (Å²) in [6, 6.07) is 19.9. The molecule has 0 spiro atoms. The van der Waals surface area contributed by atoms with Crippen molar-refractivity contribution in [1.29, 1.82) is 0 Å². The maximum atomic E-state index is 10.0. The number of rotatable bonds is 1. The van der Waals surface area contributed by atoms with E-state index in [2.05, 4.69) is 13.8 Å². The number of benzene rings is 2. The second-order valence-corrected chi connectivity index (χ2v) is 3.97. The van der Waals surface area contributed by atoms with E-state index in [-0.39, 0.29) is 5.69 Å². The molecule has 22 heavy (non-hydrogen) atoms. The van der Waals surface area contributed by atoms with Gasteiger partial charge in [0, 0.05) is 19.1 Å². The predicted molar refractivity (Wildman–Crippen MR) is 88.8 cm³/mol. The Bertz CT molecular complexity index is 456. The van der Waals surface area contributed by atoms with Crippen LogP contribution in [-0.2, 0) is 4.79 Å². The van der Waals surface area contributed by atoms with Crippen molar-refractivity contribution in [3.8, 4) is 0 Å². The number of hydrogen-bond acceptors (Lipinski definition) is 3. The topological polar surface area (TPSA) is 80.4 Å². The lowest BCUT2D eigenvalue weighted by Crippen LogP contribution is -1.84. The Hall–Kier alpha value is -2.69. The van der Waals surface area contributed by atoms with Crippen molar-refractivity contribution < 1.29 is 14.8 Å². The van der Waals surface area contributed by atoms with Gasteiger partial charge in [0.1, 0.15) is 0 Å². The summed E-state index contributed by atoms with van der Waals surface area (Å²) in [6.45, 7) is 5.33. The van der Waals surface area contributed by atoms with Gasteiger partial charge in [-0.2, -0.15) is 0 Å². The van der Waals surface area contributed by atoms with Crippen molar-refractivity contribution in [3.63, 3.8) is 0 Å². The van der Waals surface area contributed by atoms with Crippen LogP contribution in [0.15, 0.2) is 66.7 Å². The number of carboxylic acids is 1. The zero-order valence-corrected chi connectivity index (χ0v) is 13.2. The molecule has 120 valence electrons. The Labute approximate surface area is 131 Å². The first-order chi connectivity index (χ1) is 10.5. The van der Waals surface area contributed by atoms with Crippen LogP contribution in [0.3, 0.4) is 0 Å². The monoisotopic (exact) mass is 305 g/mol. The van der Waals surface area contributed by atoms with E-state index in [0.29, 0.717) is 0 Å². The Morgan fingerprint density at radius 2 is 1.18 bits per heavy atom. The molecule has 0 atom stereocenters. The SMILES string of the molecule is CC(=O)O.CCC.O=[N+]([O-])c1ccccc1.c1ccccc1. The normalized spacial score (nSPS) is 7.77. The van der Waals surface area contributed by atoms with Crippen LogP contribution in [0.4, 0.5) is 5.69 Å². The quantitative estimate of drug-likeness (QED) is 0.606. The molecular formula is C17H23NO4. The summed E-state index contributed by atoms with van der Waals surface area (Å²) in [4.78, 5) is 18.6. The van der Waals surface area contributed by atoms with Gasteiger partial charge in [-0.25, -0.2) is 0 Å². The standard InChI is InChI=1S/C6H5NO2.C6H6.C3H8.C2H4O2/c8-7(9)6-4-2-1-3-5-6;1-2-4-6-5-3-1;1-3-2;1-2(3)4/h1-5H;1-6H;3H2,1-2H3;1H3,(H,3,4). The molecule has 0 radical (unpaired) electrons. The molecule has 0 fully saturated rings. The van der Waals surface area contributed by atoms with Crippen LogP contribution in [0.5, 0.6) is 0 Å². The molecule has 2 rings (SSSR count). The molecule has 0 amide bonds. The van der Waals surface area contributed by atoms with E-state index in [1.165, 1.54) is 18.6 Å². The van der Waals surface area contributed by atoms with Gasteiger partial charge < -0.3 is 5.11 Å². The third kappa shape index (κ3) is 19.6. The van der Waals surface area contributed by atoms with Crippen LogP contribution in [-0.4, -0.2) is 16.0 Å². The first kappa shape index (κ1) is 21.6. The molecule has 1 N–H and O–H groups in total. The van der Waals surface area contributed by atoms with Crippen molar-refractivity contribution in [3.05, 3.63) is 76.8 Å². The summed E-state index contributed by atoms with van der Waals surface area (Å²) in [6.07, 6.45) is 1.25. The number of nitro benzene ring substituents is 1. The minimum absolute atomic E-state index is 0.137. The molecule has 5 heteroatoms. The van der Waals surface area contributed by atoms with Crippen molar-refractivity contribution in [2.75, 3.05) is 0 Å². The van der Waals surface area contributed by atoms with E-state index in [4.69, 9.17) is 9.90 Å². The molecule has 5 nitrogen and oxygen atoms in total. The van der Waals surface area contributed by atoms with Gasteiger partial charge in [0.15, 0.2) is 0 Å². The van der Waals surface area contributed by atoms with Crippen LogP contribution in [0.2, 0.25) is 0 Å². The highest BCUT2D eigenvalue weighted by Gasteiger charge is 1.98. The maximum absolute atomic E-state index is 10.0. The van der Waals surface area contributed by atoms with Gasteiger partial charge in [-0.05, 0) is 0 Å². The molecule has 0 aliphatic rings. The van der Waals surface area contributed by atoms with Gasteiger partial charge in [0.2, 0.25) is 0 Å². The Morgan fingerprint density at radius 3 is 1.36 bits per heavy atom. The second-order valence-electron chi connectivity index (χ2n) is 3.97. The number of aliphatic carboxylic acids is 1. The third-order valence-electron chi connectivity index (χ3n) is 1.63. The van der Waals surface area contributed by atoms with Gasteiger partial charge in [0.25, 0.3) is 11.7 Å². The van der Waals surface area contributed by atoms with E-state index >= 15 is 0 Å². The lowest BCUT2D eigenvalue weighted by atomic mass is 10.3. The number of carbonyl (C=O) groups is 1. The lowest BCUT2D eigenvalue weighted by Gasteiger charge is -1.85. The summed E-state index contributed by atoms with van der Waals surface area (Å²) in [5.41, 5.74) is 0.137. The fourth-order valence-electron chi connectivity index (χ4n) is 0.935. The van der Waals surface area contributed by atoms with Crippen LogP contribution in [0, 0.1) is 10.1 Å². The van der Waals surface area contributed by atoms with Gasteiger partial charge in [-0.3, -0.25) is 14.9 Å². The summed E-state index contributed by atoms with van der Waals surface area (Å²) in [7, 11) is 0. The van der Waals surface area contributed by atoms with Crippen LogP contribution < -0.4 is 0 Å². The number of nitro groups is 1. The Kier molecular flexibility index (Phi) is 16.1. The molecular weight excluding hydrogens is 282 g/mol. The fraction of sp³-hybridized carbons (Fsp3) is 0.235. The van der Waals surface area contributed by atoms with Crippen molar-refractivity contribution in [2.45, 2.75) is 27.2 Å². The zero-order valence-electron chi connectivity index (χ0n) is 13.2. The molecule has 0 aliphatic heterocycles. The Balaban J connectivity index is 0. The van der Waals surface area contributed by atoms with E-state index < -0.39 is 10.9 Å². The zero-order chi connectivity index (χ0) is 17.2. The van der Waals surface area contributed by atoms with Crippen LogP contribution >= 0.6 is 0 Å². The molecule has 2 aromatic rings. The van der Waals surface area contributed by atoms with Crippen molar-refractivity contribution in [2.24, 2.45) is 0 Å². The number of para-hydroxylation sites is 1. The van der Waals surface area contributed by atoms with E-state index in [1.54, 1.807) is 18.2 Å². The first-order valence-corrected chi connectivity index (χ1v) is 6.84. The number of hydrogen-bond donors (Lipinski definition) is 1. The summed E-state index contributed by atoms with van der Waals surface area (Å²) in [5, 5.41) is 17.4. The minimum atomic E-state index is -0.833. The van der Waals surface area contributed by atoms with Gasteiger partial charge in [-0.15, -0.1) is 0 Å². The molecule has 0 heterocycles. The largest absolute Gasteiger partial charge is 0.481 e. The fourth-order valence-corrected chi connectivity index (χ4v) is 0.935. The molecule has 0 bridgehead atoms. The average Bonchev–Trinajstić information content (AvgIpc) is 2.51. The molecule has 0 saturated carbocycles.